The first-order valence-electron chi connectivity index (χ1n) is 6.43. The van der Waals surface area contributed by atoms with Gasteiger partial charge in [0.05, 0.1) is 12.1 Å². The molecule has 0 saturated carbocycles. The number of para-hydroxylation sites is 1. The van der Waals surface area contributed by atoms with Crippen LogP contribution in [0.15, 0.2) is 42.5 Å². The number of phenolic OH excluding ortho intramolecular Hbond substituents is 2. The molecule has 20 heavy (non-hydrogen) atoms. The summed E-state index contributed by atoms with van der Waals surface area (Å²) in [5.41, 5.74) is 1.76. The summed E-state index contributed by atoms with van der Waals surface area (Å²) in [4.78, 5) is 0. The molecule has 4 heteroatoms. The topological polar surface area (TPSA) is 72.7 Å². The number of aromatic hydroxyl groups is 2. The molecule has 0 heterocycles. The van der Waals surface area contributed by atoms with Crippen molar-refractivity contribution in [1.29, 1.82) is 0 Å². The van der Waals surface area contributed by atoms with Gasteiger partial charge in [0.15, 0.2) is 0 Å². The molecule has 1 atom stereocenters. The van der Waals surface area contributed by atoms with Gasteiger partial charge in [-0.3, -0.25) is 0 Å². The van der Waals surface area contributed by atoms with Crippen LogP contribution in [0.2, 0.25) is 0 Å². The second-order valence-electron chi connectivity index (χ2n) is 5.17. The summed E-state index contributed by atoms with van der Waals surface area (Å²) >= 11 is 0. The highest BCUT2D eigenvalue weighted by atomic mass is 16.3. The number of hydrogen-bond donors (Lipinski definition) is 4. The lowest BCUT2D eigenvalue weighted by molar-refractivity contribution is 0.223. The average molecular weight is 273 g/mol. The van der Waals surface area contributed by atoms with E-state index in [1.807, 2.05) is 38.1 Å². The highest BCUT2D eigenvalue weighted by Crippen LogP contribution is 2.32. The van der Waals surface area contributed by atoms with Gasteiger partial charge in [0.1, 0.15) is 11.5 Å². The van der Waals surface area contributed by atoms with Crippen LogP contribution in [0.5, 0.6) is 11.5 Å². The van der Waals surface area contributed by atoms with Crippen LogP contribution in [0.4, 0.5) is 5.69 Å². The zero-order valence-electron chi connectivity index (χ0n) is 11.6. The van der Waals surface area contributed by atoms with Crippen LogP contribution in [-0.4, -0.2) is 21.9 Å². The highest BCUT2D eigenvalue weighted by molar-refractivity contribution is 5.54. The first-order chi connectivity index (χ1) is 9.44. The summed E-state index contributed by atoms with van der Waals surface area (Å²) < 4.78 is 0. The van der Waals surface area contributed by atoms with E-state index in [2.05, 4.69) is 5.32 Å². The second kappa shape index (κ2) is 5.43. The van der Waals surface area contributed by atoms with Crippen molar-refractivity contribution in [2.75, 3.05) is 11.9 Å². The van der Waals surface area contributed by atoms with Crippen molar-refractivity contribution in [1.82, 2.24) is 0 Å². The molecule has 4 nitrogen and oxygen atoms in total. The Morgan fingerprint density at radius 3 is 2.20 bits per heavy atom. The lowest BCUT2D eigenvalue weighted by Crippen LogP contribution is -2.36. The molecule has 2 rings (SSSR count). The van der Waals surface area contributed by atoms with E-state index in [4.69, 9.17) is 0 Å². The molecule has 0 radical (unpaired) electrons. The van der Waals surface area contributed by atoms with Crippen LogP contribution in [0.25, 0.3) is 0 Å². The van der Waals surface area contributed by atoms with E-state index < -0.39 is 5.54 Å². The minimum Gasteiger partial charge on any atom is -0.508 e. The maximum Gasteiger partial charge on any atom is 0.119 e. The zero-order valence-corrected chi connectivity index (χ0v) is 11.6. The number of hydrogen-bond acceptors (Lipinski definition) is 4. The molecule has 0 fully saturated rings. The molecule has 0 bridgehead atoms. The Morgan fingerprint density at radius 2 is 1.65 bits per heavy atom. The fourth-order valence-electron chi connectivity index (χ4n) is 2.13. The smallest absolute Gasteiger partial charge is 0.119 e. The summed E-state index contributed by atoms with van der Waals surface area (Å²) in [6.07, 6.45) is 0. The summed E-state index contributed by atoms with van der Waals surface area (Å²) in [6.45, 7) is 3.61. The van der Waals surface area contributed by atoms with Crippen LogP contribution in [-0.2, 0) is 5.54 Å². The van der Waals surface area contributed by atoms with Gasteiger partial charge in [-0.05, 0) is 43.2 Å². The fraction of sp³-hybridized carbons (Fsp3) is 0.250. The summed E-state index contributed by atoms with van der Waals surface area (Å²) in [6, 6.07) is 12.1. The van der Waals surface area contributed by atoms with E-state index in [9.17, 15) is 15.3 Å². The van der Waals surface area contributed by atoms with Gasteiger partial charge in [0.25, 0.3) is 0 Å². The third-order valence-electron chi connectivity index (χ3n) is 3.41. The van der Waals surface area contributed by atoms with Gasteiger partial charge in [-0.1, -0.05) is 18.2 Å². The van der Waals surface area contributed by atoms with E-state index >= 15 is 0 Å². The molecule has 1 unspecified atom stereocenters. The van der Waals surface area contributed by atoms with Gasteiger partial charge in [-0.25, -0.2) is 0 Å². The van der Waals surface area contributed by atoms with Crippen molar-refractivity contribution in [3.8, 4) is 11.5 Å². The van der Waals surface area contributed by atoms with E-state index in [1.54, 1.807) is 0 Å². The predicted octanol–water partition coefficient (Wildman–Crippen LogP) is 2.73. The monoisotopic (exact) mass is 273 g/mol. The molecular weight excluding hydrogens is 254 g/mol. The third kappa shape index (κ3) is 2.86. The summed E-state index contributed by atoms with van der Waals surface area (Å²) in [5.74, 6) is -0.0717. The van der Waals surface area contributed by atoms with E-state index in [-0.39, 0.29) is 18.1 Å². The summed E-state index contributed by atoms with van der Waals surface area (Å²) in [5, 5.41) is 32.2. The lowest BCUT2D eigenvalue weighted by Gasteiger charge is -2.31. The molecule has 0 amide bonds. The van der Waals surface area contributed by atoms with Crippen LogP contribution >= 0.6 is 0 Å². The van der Waals surface area contributed by atoms with Crippen molar-refractivity contribution >= 4 is 5.69 Å². The SMILES string of the molecule is Cc1ccccc1NC(C)(CO)c1cc(O)cc(O)c1. The van der Waals surface area contributed by atoms with Crippen LogP contribution < -0.4 is 5.32 Å². The average Bonchev–Trinajstić information content (AvgIpc) is 2.40. The van der Waals surface area contributed by atoms with Crippen LogP contribution in [0.1, 0.15) is 18.1 Å². The number of anilines is 1. The molecule has 0 spiro atoms. The van der Waals surface area contributed by atoms with Gasteiger partial charge >= 0.3 is 0 Å². The van der Waals surface area contributed by atoms with Gasteiger partial charge in [-0.15, -0.1) is 0 Å². The summed E-state index contributed by atoms with van der Waals surface area (Å²) in [7, 11) is 0. The Hall–Kier alpha value is -2.20. The van der Waals surface area contributed by atoms with E-state index in [0.29, 0.717) is 5.56 Å². The van der Waals surface area contributed by atoms with Gasteiger partial charge in [0.2, 0.25) is 0 Å². The Balaban J connectivity index is 2.41. The predicted molar refractivity (Wildman–Crippen MR) is 79.0 cm³/mol. The first kappa shape index (κ1) is 14.2. The lowest BCUT2D eigenvalue weighted by atomic mass is 9.91. The molecule has 0 saturated heterocycles. The number of aliphatic hydroxyl groups excluding tert-OH is 1. The van der Waals surface area contributed by atoms with Crippen LogP contribution in [0.3, 0.4) is 0 Å². The number of nitrogens with one attached hydrogen (secondary N) is 1. The molecule has 4 N–H and O–H groups in total. The molecular formula is C16H19NO3. The maximum atomic E-state index is 9.75. The molecule has 0 aliphatic rings. The number of aryl methyl sites for hydroxylation is 1. The third-order valence-corrected chi connectivity index (χ3v) is 3.41. The highest BCUT2D eigenvalue weighted by Gasteiger charge is 2.27. The molecule has 2 aromatic rings. The van der Waals surface area contributed by atoms with Gasteiger partial charge in [-0.2, -0.15) is 0 Å². The zero-order chi connectivity index (χ0) is 14.8. The second-order valence-corrected chi connectivity index (χ2v) is 5.17. The minimum atomic E-state index is -0.803. The Labute approximate surface area is 118 Å². The Kier molecular flexibility index (Phi) is 3.86. The number of benzene rings is 2. The molecule has 106 valence electrons. The number of phenols is 2. The standard InChI is InChI=1S/C16H19NO3/c1-11-5-3-4-6-15(11)17-16(2,10-18)12-7-13(19)9-14(20)8-12/h3-9,17-20H,10H2,1-2H3. The van der Waals surface area contributed by atoms with Crippen LogP contribution in [0, 0.1) is 6.92 Å². The first-order valence-corrected chi connectivity index (χ1v) is 6.43. The number of aliphatic hydroxyl groups is 1. The van der Waals surface area contributed by atoms with E-state index in [0.717, 1.165) is 11.3 Å². The van der Waals surface area contributed by atoms with Gasteiger partial charge in [0, 0.05) is 11.8 Å². The van der Waals surface area contributed by atoms with Crippen molar-refractivity contribution in [2.24, 2.45) is 0 Å². The molecule has 0 aromatic heterocycles. The minimum absolute atomic E-state index is 0.0359. The largest absolute Gasteiger partial charge is 0.508 e. The van der Waals surface area contributed by atoms with Crippen molar-refractivity contribution < 1.29 is 15.3 Å². The molecule has 0 aliphatic heterocycles. The number of rotatable bonds is 4. The Morgan fingerprint density at radius 1 is 1.05 bits per heavy atom. The van der Waals surface area contributed by atoms with Gasteiger partial charge < -0.3 is 20.6 Å². The fourth-order valence-corrected chi connectivity index (χ4v) is 2.13. The molecule has 2 aromatic carbocycles. The quantitative estimate of drug-likeness (QED) is 0.691. The molecule has 0 aliphatic carbocycles. The van der Waals surface area contributed by atoms with Crippen molar-refractivity contribution in [3.05, 3.63) is 53.6 Å². The van der Waals surface area contributed by atoms with Crippen molar-refractivity contribution in [3.63, 3.8) is 0 Å². The van der Waals surface area contributed by atoms with E-state index in [1.165, 1.54) is 18.2 Å². The normalized spacial score (nSPS) is 13.8. The maximum absolute atomic E-state index is 9.75. The van der Waals surface area contributed by atoms with Crippen molar-refractivity contribution in [2.45, 2.75) is 19.4 Å². The Bertz CT molecular complexity index is 592.